The maximum atomic E-state index is 6.35. The van der Waals surface area contributed by atoms with Crippen molar-refractivity contribution in [1.82, 2.24) is 4.98 Å². The summed E-state index contributed by atoms with van der Waals surface area (Å²) < 4.78 is 5.70. The molecule has 2 atom stereocenters. The molecule has 0 aliphatic carbocycles. The van der Waals surface area contributed by atoms with Crippen molar-refractivity contribution in [3.63, 3.8) is 0 Å². The van der Waals surface area contributed by atoms with E-state index in [4.69, 9.17) is 10.5 Å². The van der Waals surface area contributed by atoms with Gasteiger partial charge in [-0.05, 0) is 55.0 Å². The molecule has 3 heteroatoms. The fourth-order valence-electron chi connectivity index (χ4n) is 2.85. The Morgan fingerprint density at radius 3 is 3.05 bits per heavy atom. The molecule has 0 bridgehead atoms. The zero-order valence-corrected chi connectivity index (χ0v) is 11.8. The van der Waals surface area contributed by atoms with Crippen LogP contribution in [-0.4, -0.2) is 11.6 Å². The van der Waals surface area contributed by atoms with Crippen LogP contribution in [0.15, 0.2) is 42.6 Å². The quantitative estimate of drug-likeness (QED) is 0.928. The van der Waals surface area contributed by atoms with E-state index in [1.165, 1.54) is 11.1 Å². The number of nitrogens with zero attached hydrogens (tertiary/aromatic N) is 1. The highest BCUT2D eigenvalue weighted by Gasteiger charge is 2.24. The number of ether oxygens (including phenoxy) is 1. The molecule has 0 spiro atoms. The minimum Gasteiger partial charge on any atom is -0.493 e. The number of aryl methyl sites for hydroxylation is 1. The number of pyridine rings is 1. The lowest BCUT2D eigenvalue weighted by Gasteiger charge is -2.27. The first-order chi connectivity index (χ1) is 9.74. The Kier molecular flexibility index (Phi) is 3.70. The van der Waals surface area contributed by atoms with Crippen molar-refractivity contribution in [3.8, 4) is 5.75 Å². The van der Waals surface area contributed by atoms with Crippen LogP contribution in [-0.2, 0) is 0 Å². The van der Waals surface area contributed by atoms with E-state index < -0.39 is 0 Å². The van der Waals surface area contributed by atoms with Crippen molar-refractivity contribution < 1.29 is 4.74 Å². The molecular weight excluding hydrogens is 248 g/mol. The van der Waals surface area contributed by atoms with E-state index in [0.717, 1.165) is 30.9 Å². The summed E-state index contributed by atoms with van der Waals surface area (Å²) in [5, 5.41) is 0. The number of nitrogens with two attached hydrogens (primary N) is 1. The summed E-state index contributed by atoms with van der Waals surface area (Å²) in [5.74, 6) is 1.46. The molecule has 0 radical (unpaired) electrons. The zero-order valence-electron chi connectivity index (χ0n) is 11.8. The van der Waals surface area contributed by atoms with Gasteiger partial charge in [-0.3, -0.25) is 4.98 Å². The fourth-order valence-corrected chi connectivity index (χ4v) is 2.85. The molecule has 1 aromatic heterocycles. The molecule has 2 heterocycles. The van der Waals surface area contributed by atoms with E-state index in [1.807, 2.05) is 24.4 Å². The van der Waals surface area contributed by atoms with Gasteiger partial charge in [0.05, 0.1) is 12.3 Å². The first-order valence-electron chi connectivity index (χ1n) is 7.14. The minimum atomic E-state index is -0.0222. The Balaban J connectivity index is 1.79. The molecule has 2 aromatic rings. The SMILES string of the molecule is Cc1ccnc(C(N)CC2CCOc3ccccc32)c1. The van der Waals surface area contributed by atoms with Gasteiger partial charge in [-0.2, -0.15) is 0 Å². The molecule has 0 amide bonds. The zero-order chi connectivity index (χ0) is 13.9. The highest BCUT2D eigenvalue weighted by atomic mass is 16.5. The minimum absolute atomic E-state index is 0.0222. The van der Waals surface area contributed by atoms with Crippen LogP contribution in [0.2, 0.25) is 0 Å². The van der Waals surface area contributed by atoms with E-state index in [-0.39, 0.29) is 6.04 Å². The van der Waals surface area contributed by atoms with Crippen molar-refractivity contribution in [1.29, 1.82) is 0 Å². The third-order valence-corrected chi connectivity index (χ3v) is 3.94. The normalized spacial score (nSPS) is 19.0. The average molecular weight is 268 g/mol. The number of fused-ring (bicyclic) bond motifs is 1. The lowest BCUT2D eigenvalue weighted by Crippen LogP contribution is -2.20. The lowest BCUT2D eigenvalue weighted by molar-refractivity contribution is 0.259. The predicted molar refractivity (Wildman–Crippen MR) is 79.8 cm³/mol. The number of benzene rings is 1. The third kappa shape index (κ3) is 2.68. The number of rotatable bonds is 3. The Morgan fingerprint density at radius 1 is 1.35 bits per heavy atom. The lowest BCUT2D eigenvalue weighted by atomic mass is 9.87. The monoisotopic (exact) mass is 268 g/mol. The third-order valence-electron chi connectivity index (χ3n) is 3.94. The highest BCUT2D eigenvalue weighted by Crippen LogP contribution is 2.37. The maximum Gasteiger partial charge on any atom is 0.122 e. The van der Waals surface area contributed by atoms with E-state index in [0.29, 0.717) is 5.92 Å². The summed E-state index contributed by atoms with van der Waals surface area (Å²) in [6.07, 6.45) is 3.77. The summed E-state index contributed by atoms with van der Waals surface area (Å²) in [6.45, 7) is 2.84. The molecule has 1 aliphatic rings. The van der Waals surface area contributed by atoms with E-state index >= 15 is 0 Å². The predicted octanol–water partition coefficient (Wildman–Crippen LogP) is 3.35. The van der Waals surface area contributed by atoms with Crippen LogP contribution in [0.4, 0.5) is 0 Å². The number of aromatic nitrogens is 1. The van der Waals surface area contributed by atoms with Crippen molar-refractivity contribution in [2.75, 3.05) is 6.61 Å². The van der Waals surface area contributed by atoms with Crippen LogP contribution in [0.5, 0.6) is 5.75 Å². The van der Waals surface area contributed by atoms with Crippen LogP contribution in [0.1, 0.15) is 41.6 Å². The van der Waals surface area contributed by atoms with Crippen molar-refractivity contribution in [2.45, 2.75) is 31.7 Å². The number of hydrogen-bond donors (Lipinski definition) is 1. The molecule has 20 heavy (non-hydrogen) atoms. The number of hydrogen-bond acceptors (Lipinski definition) is 3. The van der Waals surface area contributed by atoms with Gasteiger partial charge in [-0.1, -0.05) is 18.2 Å². The second-order valence-electron chi connectivity index (χ2n) is 5.47. The fraction of sp³-hybridized carbons (Fsp3) is 0.353. The van der Waals surface area contributed by atoms with Crippen LogP contribution < -0.4 is 10.5 Å². The van der Waals surface area contributed by atoms with Crippen LogP contribution in [0, 0.1) is 6.92 Å². The van der Waals surface area contributed by atoms with E-state index in [9.17, 15) is 0 Å². The first-order valence-corrected chi connectivity index (χ1v) is 7.14. The van der Waals surface area contributed by atoms with Crippen LogP contribution in [0.25, 0.3) is 0 Å². The Morgan fingerprint density at radius 2 is 2.20 bits per heavy atom. The Bertz CT molecular complexity index is 597. The van der Waals surface area contributed by atoms with Crippen molar-refractivity contribution >= 4 is 0 Å². The molecule has 2 unspecified atom stereocenters. The van der Waals surface area contributed by atoms with Crippen LogP contribution in [0.3, 0.4) is 0 Å². The highest BCUT2D eigenvalue weighted by molar-refractivity contribution is 5.38. The summed E-state index contributed by atoms with van der Waals surface area (Å²) in [6, 6.07) is 12.3. The molecule has 0 saturated heterocycles. The van der Waals surface area contributed by atoms with Crippen molar-refractivity contribution in [3.05, 3.63) is 59.4 Å². The molecule has 104 valence electrons. The summed E-state index contributed by atoms with van der Waals surface area (Å²) in [4.78, 5) is 4.40. The second-order valence-corrected chi connectivity index (χ2v) is 5.47. The number of para-hydroxylation sites is 1. The summed E-state index contributed by atoms with van der Waals surface area (Å²) in [7, 11) is 0. The maximum absolute atomic E-state index is 6.35. The average Bonchev–Trinajstić information content (AvgIpc) is 2.47. The van der Waals surface area contributed by atoms with Gasteiger partial charge < -0.3 is 10.5 Å². The molecule has 0 saturated carbocycles. The van der Waals surface area contributed by atoms with Gasteiger partial charge in [0.15, 0.2) is 0 Å². The van der Waals surface area contributed by atoms with Gasteiger partial charge in [0.2, 0.25) is 0 Å². The molecule has 1 aromatic carbocycles. The van der Waals surface area contributed by atoms with Crippen molar-refractivity contribution in [2.24, 2.45) is 5.73 Å². The molecule has 0 fully saturated rings. The van der Waals surface area contributed by atoms with Gasteiger partial charge in [0.1, 0.15) is 5.75 Å². The van der Waals surface area contributed by atoms with Gasteiger partial charge in [0.25, 0.3) is 0 Å². The van der Waals surface area contributed by atoms with Gasteiger partial charge in [-0.15, -0.1) is 0 Å². The first kappa shape index (κ1) is 13.1. The summed E-state index contributed by atoms with van der Waals surface area (Å²) >= 11 is 0. The Hall–Kier alpha value is -1.87. The van der Waals surface area contributed by atoms with E-state index in [2.05, 4.69) is 30.1 Å². The van der Waals surface area contributed by atoms with Crippen LogP contribution >= 0.6 is 0 Å². The topological polar surface area (TPSA) is 48.1 Å². The smallest absolute Gasteiger partial charge is 0.122 e. The molecule has 2 N–H and O–H groups in total. The molecule has 3 rings (SSSR count). The molecular formula is C17H20N2O. The standard InChI is InChI=1S/C17H20N2O/c1-12-6-8-19-16(10-12)15(18)11-13-7-9-20-17-5-3-2-4-14(13)17/h2-6,8,10,13,15H,7,9,11,18H2,1H3. The van der Waals surface area contributed by atoms with Gasteiger partial charge in [-0.25, -0.2) is 0 Å². The van der Waals surface area contributed by atoms with Gasteiger partial charge >= 0.3 is 0 Å². The molecule has 1 aliphatic heterocycles. The van der Waals surface area contributed by atoms with E-state index in [1.54, 1.807) is 0 Å². The largest absolute Gasteiger partial charge is 0.493 e. The molecule has 3 nitrogen and oxygen atoms in total. The Labute approximate surface area is 119 Å². The summed E-state index contributed by atoms with van der Waals surface area (Å²) in [5.41, 5.74) is 9.81. The van der Waals surface area contributed by atoms with Gasteiger partial charge in [0, 0.05) is 12.2 Å². The second kappa shape index (κ2) is 5.63.